The fourth-order valence-corrected chi connectivity index (χ4v) is 3.48. The second kappa shape index (κ2) is 9.00. The number of benzene rings is 2. The number of hydrogen-bond acceptors (Lipinski definition) is 3. The van der Waals surface area contributed by atoms with Gasteiger partial charge in [0, 0.05) is 37.9 Å². The smallest absolute Gasteiger partial charge is 0.321 e. The molecule has 2 aromatic carbocycles. The van der Waals surface area contributed by atoms with Gasteiger partial charge < -0.3 is 20.9 Å². The van der Waals surface area contributed by atoms with E-state index in [1.807, 2.05) is 0 Å². The zero-order valence-electron chi connectivity index (χ0n) is 16.2. The molecule has 0 atom stereocenters. The van der Waals surface area contributed by atoms with E-state index in [1.54, 1.807) is 41.1 Å². The number of urea groups is 1. The first-order chi connectivity index (χ1) is 13.9. The first-order valence-electron chi connectivity index (χ1n) is 9.45. The Balaban J connectivity index is 1.58. The van der Waals surface area contributed by atoms with E-state index in [9.17, 15) is 18.4 Å². The van der Waals surface area contributed by atoms with Gasteiger partial charge in [-0.15, -0.1) is 0 Å². The number of anilines is 1. The molecule has 0 aromatic heterocycles. The van der Waals surface area contributed by atoms with Gasteiger partial charge in [0.15, 0.2) is 0 Å². The van der Waals surface area contributed by atoms with Crippen LogP contribution in [0.3, 0.4) is 0 Å². The van der Waals surface area contributed by atoms with Crippen LogP contribution in [-0.4, -0.2) is 54.5 Å². The van der Waals surface area contributed by atoms with Crippen molar-refractivity contribution in [2.75, 3.05) is 32.0 Å². The minimum absolute atomic E-state index is 0.000743. The normalized spacial score (nSPS) is 14.6. The van der Waals surface area contributed by atoms with Gasteiger partial charge >= 0.3 is 6.03 Å². The number of carbonyl (C=O) groups is 2. The molecule has 0 spiro atoms. The molecule has 8 heteroatoms. The second-order valence-electron chi connectivity index (χ2n) is 7.09. The molecule has 29 heavy (non-hydrogen) atoms. The Hall–Kier alpha value is -3.00. The molecule has 6 nitrogen and oxygen atoms in total. The van der Waals surface area contributed by atoms with Gasteiger partial charge in [0.2, 0.25) is 5.91 Å². The lowest BCUT2D eigenvalue weighted by Gasteiger charge is -2.36. The zero-order chi connectivity index (χ0) is 21.0. The van der Waals surface area contributed by atoms with E-state index in [4.69, 9.17) is 5.73 Å². The fourth-order valence-electron chi connectivity index (χ4n) is 3.48. The summed E-state index contributed by atoms with van der Waals surface area (Å²) in [5.41, 5.74) is 7.04. The standard InChI is InChI=1S/C21H24F2N4O2/c1-26(19-6-8-27(9-7-19)20(28)13-24)21(29)25-18-4-2-14(3-5-18)15-10-16(22)12-17(23)11-15/h2-5,10-12,19H,6-9,13,24H2,1H3,(H,25,29). The maximum Gasteiger partial charge on any atom is 0.321 e. The number of rotatable bonds is 4. The summed E-state index contributed by atoms with van der Waals surface area (Å²) in [5, 5.41) is 2.82. The number of carbonyl (C=O) groups excluding carboxylic acids is 2. The predicted molar refractivity (Wildman–Crippen MR) is 107 cm³/mol. The highest BCUT2D eigenvalue weighted by atomic mass is 19.1. The van der Waals surface area contributed by atoms with Crippen LogP contribution >= 0.6 is 0 Å². The lowest BCUT2D eigenvalue weighted by Crippen LogP contribution is -2.49. The number of nitrogens with one attached hydrogen (secondary N) is 1. The van der Waals surface area contributed by atoms with Crippen LogP contribution in [0.5, 0.6) is 0 Å². The topological polar surface area (TPSA) is 78.7 Å². The van der Waals surface area contributed by atoms with Crippen molar-refractivity contribution < 1.29 is 18.4 Å². The first-order valence-corrected chi connectivity index (χ1v) is 9.45. The number of piperidine rings is 1. The predicted octanol–water partition coefficient (Wildman–Crippen LogP) is 3.05. The summed E-state index contributed by atoms with van der Waals surface area (Å²) in [7, 11) is 1.73. The molecule has 0 saturated carbocycles. The average Bonchev–Trinajstić information content (AvgIpc) is 2.72. The Kier molecular flexibility index (Phi) is 6.43. The van der Waals surface area contributed by atoms with Crippen LogP contribution in [0, 0.1) is 11.6 Å². The molecule has 154 valence electrons. The summed E-state index contributed by atoms with van der Waals surface area (Å²) in [6.07, 6.45) is 1.39. The Morgan fingerprint density at radius 1 is 1.07 bits per heavy atom. The van der Waals surface area contributed by atoms with E-state index in [-0.39, 0.29) is 24.5 Å². The Bertz CT molecular complexity index is 860. The van der Waals surface area contributed by atoms with Crippen LogP contribution in [0.2, 0.25) is 0 Å². The second-order valence-corrected chi connectivity index (χ2v) is 7.09. The molecular weight excluding hydrogens is 378 g/mol. The number of amides is 3. The van der Waals surface area contributed by atoms with E-state index < -0.39 is 11.6 Å². The minimum atomic E-state index is -0.641. The Morgan fingerprint density at radius 2 is 1.66 bits per heavy atom. The maximum atomic E-state index is 13.4. The van der Waals surface area contributed by atoms with Crippen LogP contribution in [0.15, 0.2) is 42.5 Å². The van der Waals surface area contributed by atoms with Gasteiger partial charge in [-0.1, -0.05) is 12.1 Å². The van der Waals surface area contributed by atoms with Crippen LogP contribution in [0.1, 0.15) is 12.8 Å². The zero-order valence-corrected chi connectivity index (χ0v) is 16.2. The van der Waals surface area contributed by atoms with E-state index in [1.165, 1.54) is 12.1 Å². The Morgan fingerprint density at radius 3 is 2.21 bits per heavy atom. The molecular formula is C21H24F2N4O2. The molecule has 1 aliphatic heterocycles. The van der Waals surface area contributed by atoms with Crippen molar-refractivity contribution in [1.29, 1.82) is 0 Å². The van der Waals surface area contributed by atoms with Crippen molar-refractivity contribution in [3.05, 3.63) is 54.1 Å². The highest BCUT2D eigenvalue weighted by Crippen LogP contribution is 2.24. The van der Waals surface area contributed by atoms with Crippen molar-refractivity contribution in [1.82, 2.24) is 9.80 Å². The summed E-state index contributed by atoms with van der Waals surface area (Å²) in [6, 6.07) is 9.88. The van der Waals surface area contributed by atoms with Gasteiger partial charge in [-0.05, 0) is 48.2 Å². The number of likely N-dealkylation sites (tertiary alicyclic amines) is 1. The average molecular weight is 402 g/mol. The van der Waals surface area contributed by atoms with Gasteiger partial charge in [0.05, 0.1) is 6.54 Å². The number of hydrogen-bond donors (Lipinski definition) is 2. The van der Waals surface area contributed by atoms with Crippen LogP contribution in [-0.2, 0) is 4.79 Å². The molecule has 0 unspecified atom stereocenters. The molecule has 0 radical (unpaired) electrons. The summed E-state index contributed by atoms with van der Waals surface area (Å²) >= 11 is 0. The molecule has 3 rings (SSSR count). The fraction of sp³-hybridized carbons (Fsp3) is 0.333. The lowest BCUT2D eigenvalue weighted by atomic mass is 10.0. The van der Waals surface area contributed by atoms with Gasteiger partial charge in [-0.3, -0.25) is 4.79 Å². The molecule has 3 N–H and O–H groups in total. The molecule has 1 heterocycles. The van der Waals surface area contributed by atoms with Gasteiger partial charge in [-0.2, -0.15) is 0 Å². The largest absolute Gasteiger partial charge is 0.341 e. The molecule has 1 saturated heterocycles. The quantitative estimate of drug-likeness (QED) is 0.825. The summed E-state index contributed by atoms with van der Waals surface area (Å²) in [6.45, 7) is 1.16. The summed E-state index contributed by atoms with van der Waals surface area (Å²) in [4.78, 5) is 27.6. The third kappa shape index (κ3) is 5.08. The minimum Gasteiger partial charge on any atom is -0.341 e. The van der Waals surface area contributed by atoms with Crippen molar-refractivity contribution in [3.63, 3.8) is 0 Å². The maximum absolute atomic E-state index is 13.4. The summed E-state index contributed by atoms with van der Waals surface area (Å²) in [5.74, 6) is -1.36. The molecule has 0 bridgehead atoms. The highest BCUT2D eigenvalue weighted by molar-refractivity contribution is 5.89. The molecule has 1 fully saturated rings. The van der Waals surface area contributed by atoms with Crippen LogP contribution in [0.25, 0.3) is 11.1 Å². The molecule has 2 aromatic rings. The van der Waals surface area contributed by atoms with Crippen LogP contribution < -0.4 is 11.1 Å². The molecule has 1 aliphatic rings. The first kappa shape index (κ1) is 20.7. The van der Waals surface area contributed by atoms with E-state index in [2.05, 4.69) is 5.32 Å². The SMILES string of the molecule is CN(C(=O)Nc1ccc(-c2cc(F)cc(F)c2)cc1)C1CCN(C(=O)CN)CC1. The molecule has 3 amide bonds. The van der Waals surface area contributed by atoms with Gasteiger partial charge in [-0.25, -0.2) is 13.6 Å². The van der Waals surface area contributed by atoms with E-state index in [0.717, 1.165) is 6.07 Å². The van der Waals surface area contributed by atoms with Crippen molar-refractivity contribution in [2.45, 2.75) is 18.9 Å². The lowest BCUT2D eigenvalue weighted by molar-refractivity contribution is -0.131. The van der Waals surface area contributed by atoms with Gasteiger partial charge in [0.25, 0.3) is 0 Å². The third-order valence-corrected chi connectivity index (χ3v) is 5.19. The van der Waals surface area contributed by atoms with E-state index in [0.29, 0.717) is 42.7 Å². The highest BCUT2D eigenvalue weighted by Gasteiger charge is 2.27. The van der Waals surface area contributed by atoms with Crippen molar-refractivity contribution in [2.24, 2.45) is 5.73 Å². The third-order valence-electron chi connectivity index (χ3n) is 5.19. The van der Waals surface area contributed by atoms with Crippen molar-refractivity contribution in [3.8, 4) is 11.1 Å². The number of nitrogens with zero attached hydrogens (tertiary/aromatic N) is 2. The monoisotopic (exact) mass is 402 g/mol. The number of nitrogens with two attached hydrogens (primary N) is 1. The number of halogens is 2. The van der Waals surface area contributed by atoms with Gasteiger partial charge in [0.1, 0.15) is 11.6 Å². The molecule has 0 aliphatic carbocycles. The van der Waals surface area contributed by atoms with E-state index >= 15 is 0 Å². The van der Waals surface area contributed by atoms with Crippen LogP contribution in [0.4, 0.5) is 19.3 Å². The summed E-state index contributed by atoms with van der Waals surface area (Å²) < 4.78 is 26.8. The van der Waals surface area contributed by atoms with Crippen molar-refractivity contribution >= 4 is 17.6 Å². The Labute approximate surface area is 168 Å².